The highest BCUT2D eigenvalue weighted by atomic mass is 15.4. The summed E-state index contributed by atoms with van der Waals surface area (Å²) in [5.74, 6) is 2.57. The summed E-state index contributed by atoms with van der Waals surface area (Å²) in [7, 11) is 2.16. The number of rotatable bonds is 5. The zero-order valence-corrected chi connectivity index (χ0v) is 15.3. The third kappa shape index (κ3) is 3.85. The summed E-state index contributed by atoms with van der Waals surface area (Å²) >= 11 is 0. The van der Waals surface area contributed by atoms with Gasteiger partial charge in [-0.05, 0) is 37.4 Å². The second kappa shape index (κ2) is 8.07. The maximum atomic E-state index is 4.97. The molecule has 0 unspecified atom stereocenters. The molecule has 7 heteroatoms. The Morgan fingerprint density at radius 3 is 2.65 bits per heavy atom. The molecule has 2 aliphatic heterocycles. The molecule has 0 aromatic carbocycles. The lowest BCUT2D eigenvalue weighted by Crippen LogP contribution is -2.26. The molecule has 1 fully saturated rings. The first-order chi connectivity index (χ1) is 12.8. The average Bonchev–Trinajstić information content (AvgIpc) is 3.09. The lowest BCUT2D eigenvalue weighted by Gasteiger charge is -2.24. The first-order valence-electron chi connectivity index (χ1n) is 9.49. The Balaban J connectivity index is 1.64. The molecule has 0 radical (unpaired) electrons. The molecule has 2 aromatic heterocycles. The van der Waals surface area contributed by atoms with Gasteiger partial charge < -0.3 is 10.2 Å². The molecule has 0 bridgehead atoms. The molecular formula is C19H27N7. The summed E-state index contributed by atoms with van der Waals surface area (Å²) in [6.07, 6.45) is 6.69. The molecule has 0 aliphatic carbocycles. The summed E-state index contributed by atoms with van der Waals surface area (Å²) in [5.41, 5.74) is 9.95. The molecule has 0 amide bonds. The fraction of sp³-hybridized carbons (Fsp3) is 0.526. The molecule has 4 heterocycles. The first-order valence-corrected chi connectivity index (χ1v) is 9.49. The van der Waals surface area contributed by atoms with Crippen molar-refractivity contribution in [3.63, 3.8) is 0 Å². The predicted octanol–water partition coefficient (Wildman–Crippen LogP) is 0.777. The third-order valence-corrected chi connectivity index (χ3v) is 5.24. The van der Waals surface area contributed by atoms with E-state index in [0.29, 0.717) is 5.92 Å². The lowest BCUT2D eigenvalue weighted by molar-refractivity contribution is 0.555. The van der Waals surface area contributed by atoms with Gasteiger partial charge in [-0.25, -0.2) is 9.97 Å². The van der Waals surface area contributed by atoms with Crippen LogP contribution in [-0.2, 0) is 12.8 Å². The van der Waals surface area contributed by atoms with E-state index in [2.05, 4.69) is 33.1 Å². The number of nitrogens with one attached hydrogen (secondary N) is 3. The van der Waals surface area contributed by atoms with Crippen molar-refractivity contribution < 1.29 is 0 Å². The number of aromatic nitrogens is 3. The van der Waals surface area contributed by atoms with E-state index in [4.69, 9.17) is 9.97 Å². The minimum absolute atomic E-state index is 0.680. The van der Waals surface area contributed by atoms with Gasteiger partial charge in [0.2, 0.25) is 0 Å². The SMILES string of the molecule is CN(CCC1CNNC1)c1nc(-c2ccncc2)nc2c1CCNCC2. The van der Waals surface area contributed by atoms with Crippen LogP contribution in [0.15, 0.2) is 24.5 Å². The van der Waals surface area contributed by atoms with Gasteiger partial charge in [0.05, 0.1) is 5.69 Å². The van der Waals surface area contributed by atoms with Crippen LogP contribution in [0.25, 0.3) is 11.4 Å². The van der Waals surface area contributed by atoms with Crippen molar-refractivity contribution >= 4 is 5.82 Å². The van der Waals surface area contributed by atoms with Gasteiger partial charge in [0.1, 0.15) is 5.82 Å². The van der Waals surface area contributed by atoms with E-state index in [-0.39, 0.29) is 0 Å². The maximum absolute atomic E-state index is 4.97. The van der Waals surface area contributed by atoms with Gasteiger partial charge in [-0.15, -0.1) is 0 Å². The number of hydrogen-bond acceptors (Lipinski definition) is 7. The summed E-state index contributed by atoms with van der Waals surface area (Å²) in [6, 6.07) is 3.96. The van der Waals surface area contributed by atoms with E-state index in [1.165, 1.54) is 11.3 Å². The Labute approximate surface area is 154 Å². The minimum atomic E-state index is 0.680. The van der Waals surface area contributed by atoms with Crippen molar-refractivity contribution in [1.82, 2.24) is 31.1 Å². The van der Waals surface area contributed by atoms with E-state index in [0.717, 1.165) is 69.2 Å². The van der Waals surface area contributed by atoms with Gasteiger partial charge >= 0.3 is 0 Å². The first kappa shape index (κ1) is 17.3. The Morgan fingerprint density at radius 2 is 1.85 bits per heavy atom. The van der Waals surface area contributed by atoms with Gasteiger partial charge in [0, 0.05) is 63.2 Å². The van der Waals surface area contributed by atoms with Gasteiger partial charge in [-0.1, -0.05) is 0 Å². The monoisotopic (exact) mass is 353 g/mol. The summed E-state index contributed by atoms with van der Waals surface area (Å²) in [4.78, 5) is 16.3. The van der Waals surface area contributed by atoms with Crippen LogP contribution in [-0.4, -0.2) is 54.7 Å². The van der Waals surface area contributed by atoms with E-state index in [9.17, 15) is 0 Å². The van der Waals surface area contributed by atoms with Crippen LogP contribution in [0.4, 0.5) is 5.82 Å². The van der Waals surface area contributed by atoms with E-state index in [1.54, 1.807) is 12.4 Å². The van der Waals surface area contributed by atoms with Crippen LogP contribution >= 0.6 is 0 Å². The highest BCUT2D eigenvalue weighted by Crippen LogP contribution is 2.27. The third-order valence-electron chi connectivity index (χ3n) is 5.24. The van der Waals surface area contributed by atoms with E-state index < -0.39 is 0 Å². The Morgan fingerprint density at radius 1 is 1.08 bits per heavy atom. The molecular weight excluding hydrogens is 326 g/mol. The average molecular weight is 353 g/mol. The highest BCUT2D eigenvalue weighted by Gasteiger charge is 2.21. The standard InChI is InChI=1S/C19H27N7/c1-26(11-6-14-12-22-23-13-14)19-16-4-9-21-10-5-17(16)24-18(25-19)15-2-7-20-8-3-15/h2-3,7-8,14,21-23H,4-6,9-13H2,1H3. The van der Waals surface area contributed by atoms with Gasteiger partial charge in [-0.2, -0.15) is 0 Å². The Kier molecular flexibility index (Phi) is 5.38. The Hall–Kier alpha value is -2.09. The van der Waals surface area contributed by atoms with E-state index >= 15 is 0 Å². The molecule has 0 atom stereocenters. The number of pyridine rings is 1. The second-order valence-corrected chi connectivity index (χ2v) is 7.12. The number of hydrazine groups is 1. The van der Waals surface area contributed by atoms with Crippen molar-refractivity contribution in [2.45, 2.75) is 19.3 Å². The molecule has 2 aromatic rings. The van der Waals surface area contributed by atoms with Crippen LogP contribution in [0.5, 0.6) is 0 Å². The summed E-state index contributed by atoms with van der Waals surface area (Å²) in [5, 5.41) is 3.48. The van der Waals surface area contributed by atoms with Crippen molar-refractivity contribution in [1.29, 1.82) is 0 Å². The topological polar surface area (TPSA) is 78.0 Å². The largest absolute Gasteiger partial charge is 0.359 e. The second-order valence-electron chi connectivity index (χ2n) is 7.12. The van der Waals surface area contributed by atoms with Gasteiger partial charge in [0.15, 0.2) is 5.82 Å². The summed E-state index contributed by atoms with van der Waals surface area (Å²) < 4.78 is 0. The summed E-state index contributed by atoms with van der Waals surface area (Å²) in [6.45, 7) is 5.05. The molecule has 26 heavy (non-hydrogen) atoms. The molecule has 4 rings (SSSR count). The van der Waals surface area contributed by atoms with Crippen molar-refractivity contribution in [3.8, 4) is 11.4 Å². The molecule has 3 N–H and O–H groups in total. The molecule has 7 nitrogen and oxygen atoms in total. The van der Waals surface area contributed by atoms with Crippen LogP contribution < -0.4 is 21.1 Å². The predicted molar refractivity (Wildman–Crippen MR) is 103 cm³/mol. The molecule has 0 saturated carbocycles. The maximum Gasteiger partial charge on any atom is 0.161 e. The lowest BCUT2D eigenvalue weighted by atomic mass is 10.1. The fourth-order valence-corrected chi connectivity index (χ4v) is 3.66. The zero-order valence-electron chi connectivity index (χ0n) is 15.3. The van der Waals surface area contributed by atoms with Crippen molar-refractivity contribution in [2.24, 2.45) is 5.92 Å². The van der Waals surface area contributed by atoms with Crippen LogP contribution in [0, 0.1) is 5.92 Å². The smallest absolute Gasteiger partial charge is 0.161 e. The Bertz CT molecular complexity index is 728. The number of anilines is 1. The van der Waals surface area contributed by atoms with Crippen molar-refractivity contribution in [3.05, 3.63) is 35.8 Å². The quantitative estimate of drug-likeness (QED) is 0.733. The number of nitrogens with zero attached hydrogens (tertiary/aromatic N) is 4. The van der Waals surface area contributed by atoms with Crippen molar-refractivity contribution in [2.75, 3.05) is 44.7 Å². The van der Waals surface area contributed by atoms with E-state index in [1.807, 2.05) is 12.1 Å². The normalized spacial score (nSPS) is 17.7. The molecule has 1 saturated heterocycles. The molecule has 2 aliphatic rings. The fourth-order valence-electron chi connectivity index (χ4n) is 3.66. The molecule has 0 spiro atoms. The van der Waals surface area contributed by atoms with Crippen LogP contribution in [0.3, 0.4) is 0 Å². The van der Waals surface area contributed by atoms with Gasteiger partial charge in [0.25, 0.3) is 0 Å². The number of hydrogen-bond donors (Lipinski definition) is 3. The number of fused-ring (bicyclic) bond motifs is 1. The van der Waals surface area contributed by atoms with Crippen LogP contribution in [0.2, 0.25) is 0 Å². The van der Waals surface area contributed by atoms with Crippen LogP contribution in [0.1, 0.15) is 17.7 Å². The van der Waals surface area contributed by atoms with Gasteiger partial charge in [-0.3, -0.25) is 15.8 Å². The minimum Gasteiger partial charge on any atom is -0.359 e. The highest BCUT2D eigenvalue weighted by molar-refractivity contribution is 5.60. The molecule has 138 valence electrons. The zero-order chi connectivity index (χ0) is 17.8.